The summed E-state index contributed by atoms with van der Waals surface area (Å²) in [5.41, 5.74) is 0.964. The summed E-state index contributed by atoms with van der Waals surface area (Å²) in [7, 11) is 0. The quantitative estimate of drug-likeness (QED) is 0.840. The van der Waals surface area contributed by atoms with E-state index in [0.717, 1.165) is 18.5 Å². The largest absolute Gasteiger partial charge is 0.356 e. The van der Waals surface area contributed by atoms with Crippen LogP contribution < -0.4 is 5.32 Å². The molecule has 0 aliphatic carbocycles. The molecule has 1 fully saturated rings. The molecule has 4 heteroatoms. The van der Waals surface area contributed by atoms with E-state index < -0.39 is 6.43 Å². The molecule has 2 rings (SSSR count). The van der Waals surface area contributed by atoms with Crippen LogP contribution in [-0.4, -0.2) is 12.5 Å². The van der Waals surface area contributed by atoms with Crippen molar-refractivity contribution in [3.05, 3.63) is 35.4 Å². The van der Waals surface area contributed by atoms with Gasteiger partial charge in [0.05, 0.1) is 0 Å². The van der Waals surface area contributed by atoms with Gasteiger partial charge in [0, 0.05) is 18.0 Å². The molecular weight excluding hydrogens is 212 g/mol. The lowest BCUT2D eigenvalue weighted by atomic mass is 9.97. The Morgan fingerprint density at radius 3 is 2.50 bits per heavy atom. The third kappa shape index (κ3) is 2.38. The first-order valence-electron chi connectivity index (χ1n) is 5.31. The number of hydrogen-bond donors (Lipinski definition) is 1. The smallest absolute Gasteiger partial charge is 0.263 e. The van der Waals surface area contributed by atoms with Crippen molar-refractivity contribution in [3.63, 3.8) is 0 Å². The predicted octanol–water partition coefficient (Wildman–Crippen LogP) is 2.30. The number of benzene rings is 1. The van der Waals surface area contributed by atoms with Crippen LogP contribution in [0.4, 0.5) is 8.78 Å². The van der Waals surface area contributed by atoms with E-state index in [9.17, 15) is 13.6 Å². The number of rotatable bonds is 3. The molecule has 1 aliphatic heterocycles. The lowest BCUT2D eigenvalue weighted by molar-refractivity contribution is -0.122. The van der Waals surface area contributed by atoms with Gasteiger partial charge in [-0.05, 0) is 18.4 Å². The molecule has 86 valence electrons. The number of amides is 1. The topological polar surface area (TPSA) is 29.1 Å². The monoisotopic (exact) mass is 225 g/mol. The third-order valence-electron chi connectivity index (χ3n) is 2.88. The van der Waals surface area contributed by atoms with Crippen LogP contribution in [0.1, 0.15) is 24.0 Å². The van der Waals surface area contributed by atoms with Gasteiger partial charge in [0.2, 0.25) is 5.91 Å². The molecule has 1 unspecified atom stereocenters. The first-order valence-corrected chi connectivity index (χ1v) is 5.31. The van der Waals surface area contributed by atoms with E-state index in [1.165, 1.54) is 12.1 Å². The number of carbonyl (C=O) groups excluding carboxylic acids is 1. The Bertz CT molecular complexity index is 375. The Kier molecular flexibility index (Phi) is 3.17. The fourth-order valence-electron chi connectivity index (χ4n) is 1.92. The SMILES string of the molecule is O=C1NCCC1Cc1ccc(C(F)F)cc1. The fraction of sp³-hybridized carbons (Fsp3) is 0.417. The van der Waals surface area contributed by atoms with E-state index in [1.54, 1.807) is 12.1 Å². The average Bonchev–Trinajstić information content (AvgIpc) is 2.65. The van der Waals surface area contributed by atoms with E-state index in [1.807, 2.05) is 0 Å². The standard InChI is InChI=1S/C12H13F2NO/c13-11(14)9-3-1-8(2-4-9)7-10-5-6-15-12(10)16/h1-4,10-11H,5-7H2,(H,15,16). The highest BCUT2D eigenvalue weighted by Crippen LogP contribution is 2.21. The van der Waals surface area contributed by atoms with E-state index in [4.69, 9.17) is 0 Å². The summed E-state index contributed by atoms with van der Waals surface area (Å²) in [6, 6.07) is 6.19. The van der Waals surface area contributed by atoms with Crippen LogP contribution in [0.5, 0.6) is 0 Å². The van der Waals surface area contributed by atoms with Crippen molar-refractivity contribution in [3.8, 4) is 0 Å². The lowest BCUT2D eigenvalue weighted by Gasteiger charge is -2.07. The molecule has 1 heterocycles. The van der Waals surface area contributed by atoms with Crippen molar-refractivity contribution in [1.29, 1.82) is 0 Å². The molecule has 1 amide bonds. The Labute approximate surface area is 92.7 Å². The second-order valence-corrected chi connectivity index (χ2v) is 4.02. The predicted molar refractivity (Wildman–Crippen MR) is 56.2 cm³/mol. The van der Waals surface area contributed by atoms with Crippen molar-refractivity contribution in [2.45, 2.75) is 19.3 Å². The van der Waals surface area contributed by atoms with Gasteiger partial charge in [-0.1, -0.05) is 24.3 Å². The molecule has 1 aliphatic rings. The van der Waals surface area contributed by atoms with Gasteiger partial charge in [0.25, 0.3) is 6.43 Å². The third-order valence-corrected chi connectivity index (χ3v) is 2.88. The second kappa shape index (κ2) is 4.60. The van der Waals surface area contributed by atoms with Crippen LogP contribution in [-0.2, 0) is 11.2 Å². The van der Waals surface area contributed by atoms with E-state index in [2.05, 4.69) is 5.32 Å². The molecule has 1 aromatic rings. The Balaban J connectivity index is 2.02. The zero-order chi connectivity index (χ0) is 11.5. The highest BCUT2D eigenvalue weighted by Gasteiger charge is 2.23. The lowest BCUT2D eigenvalue weighted by Crippen LogP contribution is -2.20. The van der Waals surface area contributed by atoms with E-state index in [0.29, 0.717) is 6.42 Å². The molecule has 0 radical (unpaired) electrons. The number of halogens is 2. The highest BCUT2D eigenvalue weighted by molar-refractivity contribution is 5.80. The minimum absolute atomic E-state index is 0.00241. The molecule has 1 N–H and O–H groups in total. The van der Waals surface area contributed by atoms with Crippen molar-refractivity contribution < 1.29 is 13.6 Å². The number of alkyl halides is 2. The molecule has 16 heavy (non-hydrogen) atoms. The molecule has 0 aromatic heterocycles. The van der Waals surface area contributed by atoms with Gasteiger partial charge in [0.15, 0.2) is 0 Å². The van der Waals surface area contributed by atoms with Crippen molar-refractivity contribution in [2.24, 2.45) is 5.92 Å². The zero-order valence-electron chi connectivity index (χ0n) is 8.75. The molecule has 1 aromatic carbocycles. The van der Waals surface area contributed by atoms with Gasteiger partial charge >= 0.3 is 0 Å². The maximum absolute atomic E-state index is 12.3. The molecule has 2 nitrogen and oxygen atoms in total. The summed E-state index contributed by atoms with van der Waals surface area (Å²) in [6.45, 7) is 0.721. The van der Waals surface area contributed by atoms with Gasteiger partial charge < -0.3 is 5.32 Å². The van der Waals surface area contributed by atoms with Gasteiger partial charge in [-0.2, -0.15) is 0 Å². The number of nitrogens with one attached hydrogen (secondary N) is 1. The molecule has 1 saturated heterocycles. The van der Waals surface area contributed by atoms with Crippen molar-refractivity contribution in [1.82, 2.24) is 5.32 Å². The van der Waals surface area contributed by atoms with E-state index >= 15 is 0 Å². The van der Waals surface area contributed by atoms with Crippen molar-refractivity contribution in [2.75, 3.05) is 6.54 Å². The minimum Gasteiger partial charge on any atom is -0.356 e. The molecule has 0 bridgehead atoms. The normalized spacial score (nSPS) is 20.2. The minimum atomic E-state index is -2.43. The average molecular weight is 225 g/mol. The Morgan fingerprint density at radius 1 is 1.31 bits per heavy atom. The maximum atomic E-state index is 12.3. The van der Waals surface area contributed by atoms with Crippen LogP contribution in [0.3, 0.4) is 0 Å². The Morgan fingerprint density at radius 2 is 2.00 bits per heavy atom. The summed E-state index contributed by atoms with van der Waals surface area (Å²) in [6.07, 6.45) is -0.964. The highest BCUT2D eigenvalue weighted by atomic mass is 19.3. The summed E-state index contributed by atoms with van der Waals surface area (Å²) in [5.74, 6) is 0.0651. The zero-order valence-corrected chi connectivity index (χ0v) is 8.75. The summed E-state index contributed by atoms with van der Waals surface area (Å²) < 4.78 is 24.6. The van der Waals surface area contributed by atoms with Crippen molar-refractivity contribution >= 4 is 5.91 Å². The van der Waals surface area contributed by atoms with Crippen LogP contribution >= 0.6 is 0 Å². The first-order chi connectivity index (χ1) is 7.66. The first kappa shape index (κ1) is 11.0. The Hall–Kier alpha value is -1.45. The number of hydrogen-bond acceptors (Lipinski definition) is 1. The van der Waals surface area contributed by atoms with Crippen LogP contribution in [0.2, 0.25) is 0 Å². The van der Waals surface area contributed by atoms with Crippen LogP contribution in [0.15, 0.2) is 24.3 Å². The van der Waals surface area contributed by atoms with Gasteiger partial charge in [0.1, 0.15) is 0 Å². The van der Waals surface area contributed by atoms with Gasteiger partial charge in [-0.15, -0.1) is 0 Å². The summed E-state index contributed by atoms with van der Waals surface area (Å²) >= 11 is 0. The van der Waals surface area contributed by atoms with E-state index in [-0.39, 0.29) is 17.4 Å². The summed E-state index contributed by atoms with van der Waals surface area (Å²) in [5, 5.41) is 2.76. The number of carbonyl (C=O) groups is 1. The van der Waals surface area contributed by atoms with Crippen LogP contribution in [0, 0.1) is 5.92 Å². The van der Waals surface area contributed by atoms with Gasteiger partial charge in [-0.3, -0.25) is 4.79 Å². The van der Waals surface area contributed by atoms with Gasteiger partial charge in [-0.25, -0.2) is 8.78 Å². The molecule has 1 atom stereocenters. The molecular formula is C12H13F2NO. The van der Waals surface area contributed by atoms with Crippen LogP contribution in [0.25, 0.3) is 0 Å². The molecule has 0 saturated carbocycles. The molecule has 0 spiro atoms. The fourth-order valence-corrected chi connectivity index (χ4v) is 1.92. The maximum Gasteiger partial charge on any atom is 0.263 e. The second-order valence-electron chi connectivity index (χ2n) is 4.02. The summed E-state index contributed by atoms with van der Waals surface area (Å²) in [4.78, 5) is 11.3.